The average molecular weight is 435 g/mol. The van der Waals surface area contributed by atoms with Gasteiger partial charge in [-0.15, -0.1) is 0 Å². The topological polar surface area (TPSA) is 122 Å². The number of hydrogen-bond donors (Lipinski definition) is 3. The highest BCUT2D eigenvalue weighted by Gasteiger charge is 2.29. The largest absolute Gasteiger partial charge is 0.497 e. The van der Waals surface area contributed by atoms with E-state index in [2.05, 4.69) is 10.0 Å². The molecule has 30 heavy (non-hydrogen) atoms. The Bertz CT molecular complexity index is 990. The second kappa shape index (κ2) is 10.2. The molecule has 1 atom stereocenters. The molecule has 9 heteroatoms. The first-order valence-corrected chi connectivity index (χ1v) is 10.8. The molecule has 8 nitrogen and oxygen atoms in total. The van der Waals surface area contributed by atoms with Gasteiger partial charge in [0.1, 0.15) is 11.8 Å². The number of benzene rings is 2. The molecular formula is C21H26N2O6S. The molecule has 0 aliphatic heterocycles. The van der Waals surface area contributed by atoms with E-state index in [0.29, 0.717) is 12.3 Å². The van der Waals surface area contributed by atoms with Crippen LogP contribution < -0.4 is 14.8 Å². The second-order valence-electron chi connectivity index (χ2n) is 7.09. The number of amides is 1. The molecule has 3 N–H and O–H groups in total. The Labute approximate surface area is 176 Å². The summed E-state index contributed by atoms with van der Waals surface area (Å²) >= 11 is 0. The molecule has 0 saturated heterocycles. The maximum atomic E-state index is 12.9. The van der Waals surface area contributed by atoms with Crippen molar-refractivity contribution in [3.05, 3.63) is 59.7 Å². The van der Waals surface area contributed by atoms with Gasteiger partial charge in [0, 0.05) is 6.54 Å². The Balaban J connectivity index is 2.26. The summed E-state index contributed by atoms with van der Waals surface area (Å²) in [6.45, 7) is 3.51. The lowest BCUT2D eigenvalue weighted by molar-refractivity contribution is -0.140. The summed E-state index contributed by atoms with van der Waals surface area (Å²) in [5.74, 6) is -1.72. The fraction of sp³-hybridized carbons (Fsp3) is 0.333. The summed E-state index contributed by atoms with van der Waals surface area (Å²) in [5, 5.41) is 12.1. The number of carboxylic acids is 1. The summed E-state index contributed by atoms with van der Waals surface area (Å²) in [6.07, 6.45) is -0.209. The van der Waals surface area contributed by atoms with Gasteiger partial charge in [-0.1, -0.05) is 44.2 Å². The minimum absolute atomic E-state index is 0.162. The van der Waals surface area contributed by atoms with Crippen LogP contribution >= 0.6 is 0 Å². The number of carbonyl (C=O) groups excluding carboxylic acids is 1. The number of sulfonamides is 1. The minimum Gasteiger partial charge on any atom is -0.497 e. The van der Waals surface area contributed by atoms with Gasteiger partial charge in [0.25, 0.3) is 0 Å². The summed E-state index contributed by atoms with van der Waals surface area (Å²) in [4.78, 5) is 23.7. The summed E-state index contributed by atoms with van der Waals surface area (Å²) in [6, 6.07) is 12.2. The maximum absolute atomic E-state index is 12.9. The lowest BCUT2D eigenvalue weighted by Gasteiger charge is -2.19. The second-order valence-corrected chi connectivity index (χ2v) is 8.78. The normalized spacial score (nSPS) is 12.4. The molecule has 0 aliphatic carbocycles. The van der Waals surface area contributed by atoms with Crippen molar-refractivity contribution in [2.45, 2.75) is 37.8 Å². The van der Waals surface area contributed by atoms with Gasteiger partial charge in [0.05, 0.1) is 18.4 Å². The number of methoxy groups -OCH3 is 1. The smallest absolute Gasteiger partial charge is 0.322 e. The Kier molecular flexibility index (Phi) is 7.96. The van der Waals surface area contributed by atoms with Crippen molar-refractivity contribution in [1.29, 1.82) is 0 Å². The zero-order chi connectivity index (χ0) is 22.3. The van der Waals surface area contributed by atoms with E-state index < -0.39 is 28.0 Å². The highest BCUT2D eigenvalue weighted by atomic mass is 32.2. The number of aliphatic carboxylic acids is 1. The summed E-state index contributed by atoms with van der Waals surface area (Å²) in [5.41, 5.74) is 1.12. The van der Waals surface area contributed by atoms with Crippen LogP contribution in [-0.2, 0) is 32.6 Å². The van der Waals surface area contributed by atoms with Gasteiger partial charge in [-0.2, -0.15) is 4.72 Å². The van der Waals surface area contributed by atoms with Gasteiger partial charge < -0.3 is 15.2 Å². The van der Waals surface area contributed by atoms with Crippen LogP contribution in [0.4, 0.5) is 0 Å². The predicted octanol–water partition coefficient (Wildman–Crippen LogP) is 1.94. The van der Waals surface area contributed by atoms with Crippen molar-refractivity contribution < 1.29 is 27.9 Å². The third kappa shape index (κ3) is 6.30. The fourth-order valence-electron chi connectivity index (χ4n) is 2.82. The molecule has 2 aromatic carbocycles. The molecule has 0 spiro atoms. The summed E-state index contributed by atoms with van der Waals surface area (Å²) in [7, 11) is -2.75. The van der Waals surface area contributed by atoms with E-state index in [1.165, 1.54) is 25.3 Å². The van der Waals surface area contributed by atoms with Gasteiger partial charge in [-0.05, 0) is 35.2 Å². The van der Waals surface area contributed by atoms with Crippen LogP contribution in [0, 0.1) is 5.92 Å². The third-order valence-corrected chi connectivity index (χ3v) is 6.00. The molecule has 0 fully saturated rings. The van der Waals surface area contributed by atoms with E-state index in [1.54, 1.807) is 13.8 Å². The van der Waals surface area contributed by atoms with Crippen LogP contribution in [0.5, 0.6) is 5.75 Å². The van der Waals surface area contributed by atoms with E-state index in [-0.39, 0.29) is 22.8 Å². The monoisotopic (exact) mass is 434 g/mol. The lowest BCUT2D eigenvalue weighted by atomic mass is 10.1. The third-order valence-electron chi connectivity index (χ3n) is 4.46. The maximum Gasteiger partial charge on any atom is 0.322 e. The quantitative estimate of drug-likeness (QED) is 0.525. The van der Waals surface area contributed by atoms with E-state index >= 15 is 0 Å². The van der Waals surface area contributed by atoms with Gasteiger partial charge >= 0.3 is 5.97 Å². The van der Waals surface area contributed by atoms with E-state index in [1.807, 2.05) is 30.3 Å². The lowest BCUT2D eigenvalue weighted by Crippen LogP contribution is -2.44. The molecule has 162 valence electrons. The Morgan fingerprint density at radius 3 is 2.33 bits per heavy atom. The average Bonchev–Trinajstić information content (AvgIpc) is 2.70. The van der Waals surface area contributed by atoms with Crippen molar-refractivity contribution in [3.8, 4) is 5.75 Å². The molecule has 2 rings (SSSR count). The zero-order valence-corrected chi connectivity index (χ0v) is 17.9. The van der Waals surface area contributed by atoms with Crippen LogP contribution in [0.2, 0.25) is 0 Å². The molecule has 0 heterocycles. The molecule has 0 saturated carbocycles. The molecule has 0 radical (unpaired) electrons. The zero-order valence-electron chi connectivity index (χ0n) is 17.1. The van der Waals surface area contributed by atoms with E-state index in [4.69, 9.17) is 4.74 Å². The van der Waals surface area contributed by atoms with Gasteiger partial charge in [0.15, 0.2) is 0 Å². The first-order valence-electron chi connectivity index (χ1n) is 9.36. The van der Waals surface area contributed by atoms with Crippen molar-refractivity contribution in [1.82, 2.24) is 10.0 Å². The van der Waals surface area contributed by atoms with Crippen molar-refractivity contribution in [3.63, 3.8) is 0 Å². The number of hydrogen-bond acceptors (Lipinski definition) is 5. The number of nitrogens with one attached hydrogen (secondary N) is 2. The van der Waals surface area contributed by atoms with Crippen molar-refractivity contribution in [2.24, 2.45) is 5.92 Å². The van der Waals surface area contributed by atoms with Crippen LogP contribution in [-0.4, -0.2) is 38.6 Å². The number of rotatable bonds is 10. The number of carbonyl (C=O) groups is 2. The van der Waals surface area contributed by atoms with Crippen LogP contribution in [0.1, 0.15) is 25.0 Å². The van der Waals surface area contributed by atoms with Crippen molar-refractivity contribution >= 4 is 21.9 Å². The molecule has 1 amide bonds. The fourth-order valence-corrected chi connectivity index (χ4v) is 4.38. The van der Waals surface area contributed by atoms with Crippen LogP contribution in [0.3, 0.4) is 0 Å². The minimum atomic E-state index is -4.18. The number of carboxylic acid groups (broad SMARTS) is 1. The van der Waals surface area contributed by atoms with Gasteiger partial charge in [0.2, 0.25) is 15.9 Å². The SMILES string of the molecule is COc1ccc(S(=O)(=O)N[C@@H](C(=O)O)C(C)C)c(CC(=O)NCc2ccccc2)c1. The van der Waals surface area contributed by atoms with Crippen molar-refractivity contribution in [2.75, 3.05) is 7.11 Å². The molecule has 0 aliphatic rings. The first-order chi connectivity index (χ1) is 14.1. The number of ether oxygens (including phenoxy) is 1. The van der Waals surface area contributed by atoms with E-state index in [0.717, 1.165) is 5.56 Å². The molecule has 0 aromatic heterocycles. The van der Waals surface area contributed by atoms with Gasteiger partial charge in [-0.3, -0.25) is 9.59 Å². The Morgan fingerprint density at radius 1 is 1.10 bits per heavy atom. The summed E-state index contributed by atoms with van der Waals surface area (Å²) < 4.78 is 33.1. The van der Waals surface area contributed by atoms with Crippen LogP contribution in [0.15, 0.2) is 53.4 Å². The Hall–Kier alpha value is -2.91. The molecule has 2 aromatic rings. The standard InChI is InChI=1S/C21H26N2O6S/c1-14(2)20(21(25)26)23-30(27,28)18-10-9-17(29-3)11-16(18)12-19(24)22-13-15-7-5-4-6-8-15/h4-11,14,20,23H,12-13H2,1-3H3,(H,22,24)(H,25,26)/t20-/m1/s1. The molecule has 0 unspecified atom stereocenters. The highest BCUT2D eigenvalue weighted by Crippen LogP contribution is 2.23. The highest BCUT2D eigenvalue weighted by molar-refractivity contribution is 7.89. The van der Waals surface area contributed by atoms with E-state index in [9.17, 15) is 23.1 Å². The van der Waals surface area contributed by atoms with Gasteiger partial charge in [-0.25, -0.2) is 8.42 Å². The Morgan fingerprint density at radius 2 is 1.77 bits per heavy atom. The van der Waals surface area contributed by atoms with Crippen LogP contribution in [0.25, 0.3) is 0 Å². The molecular weight excluding hydrogens is 408 g/mol. The predicted molar refractivity (Wildman–Crippen MR) is 112 cm³/mol. The first kappa shape index (κ1) is 23.4. The molecule has 0 bridgehead atoms.